The predicted octanol–water partition coefficient (Wildman–Crippen LogP) is -0.408. The van der Waals surface area contributed by atoms with Gasteiger partial charge < -0.3 is 41.1 Å². The Labute approximate surface area is 271 Å². The Morgan fingerprint density at radius 2 is 1.51 bits per heavy atom. The van der Waals surface area contributed by atoms with Crippen LogP contribution in [-0.4, -0.2) is 116 Å². The minimum Gasteiger partial charge on any atom is -0.479 e. The summed E-state index contributed by atoms with van der Waals surface area (Å²) in [4.78, 5) is 61.1. The van der Waals surface area contributed by atoms with Crippen LogP contribution in [0.2, 0.25) is 0 Å². The van der Waals surface area contributed by atoms with Gasteiger partial charge in [-0.05, 0) is 31.4 Å². The molecule has 0 spiro atoms. The Balaban J connectivity index is 0.000000520. The molecule has 0 aromatic heterocycles. The molecule has 15 nitrogen and oxygen atoms in total. The van der Waals surface area contributed by atoms with Gasteiger partial charge >= 0.3 is 11.9 Å². The number of rotatable bonds is 12. The Kier molecular flexibility index (Phi) is 12.3. The molecule has 1 fully saturated rings. The van der Waals surface area contributed by atoms with Gasteiger partial charge in [0, 0.05) is 26.6 Å². The summed E-state index contributed by atoms with van der Waals surface area (Å²) in [6.45, 7) is 4.02. The fourth-order valence-electron chi connectivity index (χ4n) is 5.09. The van der Waals surface area contributed by atoms with Crippen LogP contribution in [0, 0.1) is 5.41 Å². The maximum absolute atomic E-state index is 13.8. The normalized spacial score (nSPS) is 19.4. The van der Waals surface area contributed by atoms with Crippen LogP contribution in [0.1, 0.15) is 31.4 Å². The molecule has 0 bridgehead atoms. The quantitative estimate of drug-likeness (QED) is 0.172. The van der Waals surface area contributed by atoms with Crippen molar-refractivity contribution in [3.05, 3.63) is 71.8 Å². The van der Waals surface area contributed by atoms with Crippen molar-refractivity contribution in [2.45, 2.75) is 57.1 Å². The zero-order valence-corrected chi connectivity index (χ0v) is 26.4. The number of carbonyl (C=O) groups excluding carboxylic acids is 3. The standard InChI is InChI=1S/C28H35N5O4.C4H6O6/c1-27(2,29)25(35)30-22(18-37-17-21-12-8-5-9-13-21)24(34)33-15-14-23-28(19-33,26(36)32(3)31-23)16-20-10-6-4-7-11-20;5-1(3(7)8)2(6)4(9)10/h4-13,22H,14-19,29H2,1-3H3,(H,30,35);1-2,5-6H,(H,7,8)(H,9,10)/t22-,28-;1-,2-/m11/s1. The van der Waals surface area contributed by atoms with E-state index in [1.807, 2.05) is 60.7 Å². The first-order valence-corrected chi connectivity index (χ1v) is 14.8. The number of ether oxygens (including phenoxy) is 1. The zero-order valence-electron chi connectivity index (χ0n) is 26.4. The molecule has 0 unspecified atom stereocenters. The van der Waals surface area contributed by atoms with Crippen molar-refractivity contribution >= 4 is 35.4 Å². The number of amides is 3. The van der Waals surface area contributed by atoms with Crippen LogP contribution in [0.3, 0.4) is 0 Å². The number of piperidine rings is 1. The topological polar surface area (TPSA) is 232 Å². The van der Waals surface area contributed by atoms with Gasteiger partial charge in [-0.25, -0.2) is 14.6 Å². The van der Waals surface area contributed by atoms with E-state index in [0.717, 1.165) is 16.8 Å². The number of hydrogen-bond donors (Lipinski definition) is 6. The summed E-state index contributed by atoms with van der Waals surface area (Å²) in [5, 5.41) is 41.2. The Hall–Kier alpha value is -4.70. The SMILES string of the molecule is CN1N=C2CCN(C(=O)[C@@H](COCc3ccccc3)NC(=O)C(C)(C)N)C[C@@]2(Cc2ccccc2)C1=O.O=C(O)[C@H](O)[C@@H](O)C(=O)O. The highest BCUT2D eigenvalue weighted by atomic mass is 16.5. The lowest BCUT2D eigenvalue weighted by atomic mass is 9.73. The van der Waals surface area contributed by atoms with Gasteiger partial charge in [-0.15, -0.1) is 0 Å². The van der Waals surface area contributed by atoms with E-state index in [1.54, 1.807) is 25.8 Å². The Morgan fingerprint density at radius 3 is 2.02 bits per heavy atom. The molecule has 2 aromatic rings. The largest absolute Gasteiger partial charge is 0.479 e. The number of nitrogens with one attached hydrogen (secondary N) is 1. The van der Waals surface area contributed by atoms with Crippen LogP contribution < -0.4 is 11.1 Å². The van der Waals surface area contributed by atoms with Crippen molar-refractivity contribution in [3.63, 3.8) is 0 Å². The van der Waals surface area contributed by atoms with E-state index in [0.29, 0.717) is 26.0 Å². The monoisotopic (exact) mass is 655 g/mol. The van der Waals surface area contributed by atoms with Gasteiger partial charge in [-0.1, -0.05) is 60.7 Å². The van der Waals surface area contributed by atoms with E-state index in [-0.39, 0.29) is 25.0 Å². The third-order valence-electron chi connectivity index (χ3n) is 7.66. The molecule has 2 aliphatic heterocycles. The minimum atomic E-state index is -2.27. The maximum Gasteiger partial charge on any atom is 0.335 e. The van der Waals surface area contributed by atoms with Crippen molar-refractivity contribution in [1.29, 1.82) is 0 Å². The lowest BCUT2D eigenvalue weighted by molar-refractivity contribution is -0.165. The number of likely N-dealkylation sites (tertiary alicyclic amines) is 1. The highest BCUT2D eigenvalue weighted by Crippen LogP contribution is 2.38. The summed E-state index contributed by atoms with van der Waals surface area (Å²) in [7, 11) is 1.65. The van der Waals surface area contributed by atoms with E-state index in [9.17, 15) is 24.0 Å². The highest BCUT2D eigenvalue weighted by Gasteiger charge is 2.54. The second-order valence-electron chi connectivity index (χ2n) is 11.9. The zero-order chi connectivity index (χ0) is 34.9. The second-order valence-corrected chi connectivity index (χ2v) is 11.9. The Bertz CT molecular complexity index is 1450. The molecule has 4 atom stereocenters. The van der Waals surface area contributed by atoms with E-state index >= 15 is 0 Å². The number of carbonyl (C=O) groups is 5. The lowest BCUT2D eigenvalue weighted by Crippen LogP contribution is -2.61. The molecule has 47 heavy (non-hydrogen) atoms. The van der Waals surface area contributed by atoms with E-state index < -0.39 is 47.0 Å². The van der Waals surface area contributed by atoms with Gasteiger partial charge in [0.2, 0.25) is 11.8 Å². The molecule has 2 aliphatic rings. The summed E-state index contributed by atoms with van der Waals surface area (Å²) < 4.78 is 5.85. The van der Waals surface area contributed by atoms with Crippen LogP contribution in [0.25, 0.3) is 0 Å². The first kappa shape index (κ1) is 36.8. The molecule has 0 saturated carbocycles. The third kappa shape index (κ3) is 9.42. The third-order valence-corrected chi connectivity index (χ3v) is 7.66. The van der Waals surface area contributed by atoms with Crippen molar-refractivity contribution < 1.29 is 49.1 Å². The van der Waals surface area contributed by atoms with Crippen molar-refractivity contribution in [2.24, 2.45) is 16.3 Å². The molecule has 1 saturated heterocycles. The molecule has 3 amide bonds. The summed E-state index contributed by atoms with van der Waals surface area (Å²) in [6.07, 6.45) is -3.62. The number of carboxylic acids is 2. The smallest absolute Gasteiger partial charge is 0.335 e. The molecule has 2 aromatic carbocycles. The Morgan fingerprint density at radius 1 is 0.979 bits per heavy atom. The van der Waals surface area contributed by atoms with E-state index in [1.165, 1.54) is 5.01 Å². The van der Waals surface area contributed by atoms with Gasteiger partial charge in [0.25, 0.3) is 5.91 Å². The number of carboxylic acid groups (broad SMARTS) is 2. The summed E-state index contributed by atoms with van der Waals surface area (Å²) >= 11 is 0. The number of aliphatic carboxylic acids is 2. The number of fused-ring (bicyclic) bond motifs is 1. The highest BCUT2D eigenvalue weighted by molar-refractivity contribution is 6.13. The number of hydrazone groups is 1. The van der Waals surface area contributed by atoms with Gasteiger partial charge in [-0.2, -0.15) is 5.10 Å². The van der Waals surface area contributed by atoms with Gasteiger partial charge in [0.15, 0.2) is 12.2 Å². The molecular weight excluding hydrogens is 614 g/mol. The average molecular weight is 656 g/mol. The van der Waals surface area contributed by atoms with Crippen LogP contribution in [0.15, 0.2) is 65.8 Å². The number of hydrogen-bond acceptors (Lipinski definition) is 10. The van der Waals surface area contributed by atoms with Crippen LogP contribution in [-0.2, 0) is 41.7 Å². The van der Waals surface area contributed by atoms with Crippen LogP contribution in [0.5, 0.6) is 0 Å². The number of nitrogens with zero attached hydrogens (tertiary/aromatic N) is 3. The first-order chi connectivity index (χ1) is 22.1. The molecule has 0 radical (unpaired) electrons. The van der Waals surface area contributed by atoms with Crippen LogP contribution in [0.4, 0.5) is 0 Å². The fourth-order valence-corrected chi connectivity index (χ4v) is 5.09. The fraction of sp³-hybridized carbons (Fsp3) is 0.438. The van der Waals surface area contributed by atoms with Crippen LogP contribution >= 0.6 is 0 Å². The molecule has 254 valence electrons. The van der Waals surface area contributed by atoms with Gasteiger partial charge in [-0.3, -0.25) is 14.4 Å². The summed E-state index contributed by atoms with van der Waals surface area (Å²) in [6, 6.07) is 18.4. The van der Waals surface area contributed by atoms with Crippen molar-refractivity contribution in [3.8, 4) is 0 Å². The number of benzene rings is 2. The molecular formula is C32H41N5O10. The maximum atomic E-state index is 13.8. The number of nitrogens with two attached hydrogens (primary N) is 1. The number of aliphatic hydroxyl groups excluding tert-OH is 2. The minimum absolute atomic E-state index is 0.0213. The van der Waals surface area contributed by atoms with Gasteiger partial charge in [0.05, 0.1) is 24.5 Å². The van der Waals surface area contributed by atoms with Crippen molar-refractivity contribution in [1.82, 2.24) is 15.2 Å². The predicted molar refractivity (Wildman–Crippen MR) is 168 cm³/mol. The molecule has 2 heterocycles. The first-order valence-electron chi connectivity index (χ1n) is 14.8. The summed E-state index contributed by atoms with van der Waals surface area (Å²) in [5.41, 5.74) is 6.63. The second kappa shape index (κ2) is 15.7. The average Bonchev–Trinajstić information content (AvgIpc) is 3.28. The van der Waals surface area contributed by atoms with Gasteiger partial charge in [0.1, 0.15) is 11.5 Å². The molecule has 7 N–H and O–H groups in total. The number of aliphatic hydroxyl groups is 2. The molecule has 0 aliphatic carbocycles. The van der Waals surface area contributed by atoms with E-state index in [2.05, 4.69) is 10.4 Å². The molecule has 15 heteroatoms. The summed E-state index contributed by atoms with van der Waals surface area (Å²) in [5.74, 6) is -4.43. The lowest BCUT2D eigenvalue weighted by Gasteiger charge is -2.40. The van der Waals surface area contributed by atoms with E-state index in [4.69, 9.17) is 30.9 Å². The molecule has 4 rings (SSSR count). The van der Waals surface area contributed by atoms with Crippen molar-refractivity contribution in [2.75, 3.05) is 26.7 Å².